The molecule has 7 heteroatoms. The minimum Gasteiger partial charge on any atom is -0.507 e. The molecule has 2 heterocycles. The summed E-state index contributed by atoms with van der Waals surface area (Å²) in [4.78, 5) is 25.4. The summed E-state index contributed by atoms with van der Waals surface area (Å²) in [6.07, 6.45) is 3.88. The molecule has 150 valence electrons. The van der Waals surface area contributed by atoms with Gasteiger partial charge < -0.3 is 9.84 Å². The van der Waals surface area contributed by atoms with Gasteiger partial charge in [-0.25, -0.2) is 0 Å². The minimum atomic E-state index is -0.472. The summed E-state index contributed by atoms with van der Waals surface area (Å²) in [7, 11) is 0. The molecule has 1 N–H and O–H groups in total. The van der Waals surface area contributed by atoms with Crippen LogP contribution in [0.5, 0.6) is 11.5 Å². The predicted octanol–water partition coefficient (Wildman–Crippen LogP) is 4.15. The SMILES string of the molecule is C[C@H]1CCCN(Cc2c(O)ccc3c2O/C(=C/c2ccc([N+](=O)[O-])cc2)C3=O)C1. The van der Waals surface area contributed by atoms with Crippen LogP contribution in [0.15, 0.2) is 42.2 Å². The first-order valence-corrected chi connectivity index (χ1v) is 9.68. The van der Waals surface area contributed by atoms with Gasteiger partial charge in [0.15, 0.2) is 5.76 Å². The van der Waals surface area contributed by atoms with Gasteiger partial charge in [0.25, 0.3) is 5.69 Å². The van der Waals surface area contributed by atoms with Crippen LogP contribution in [0.2, 0.25) is 0 Å². The lowest BCUT2D eigenvalue weighted by Gasteiger charge is -2.31. The number of piperidine rings is 1. The number of carbonyl (C=O) groups excluding carboxylic acids is 1. The highest BCUT2D eigenvalue weighted by atomic mass is 16.6. The van der Waals surface area contributed by atoms with E-state index in [2.05, 4.69) is 11.8 Å². The molecule has 7 nitrogen and oxygen atoms in total. The first kappa shape index (κ1) is 19.1. The number of carbonyl (C=O) groups is 1. The van der Waals surface area contributed by atoms with Gasteiger partial charge in [0.1, 0.15) is 11.5 Å². The van der Waals surface area contributed by atoms with Crippen LogP contribution in [0.4, 0.5) is 5.69 Å². The molecule has 0 amide bonds. The van der Waals surface area contributed by atoms with E-state index < -0.39 is 4.92 Å². The second-order valence-electron chi connectivity index (χ2n) is 7.71. The number of ketones is 1. The number of fused-ring (bicyclic) bond motifs is 1. The maximum absolute atomic E-state index is 12.8. The van der Waals surface area contributed by atoms with E-state index >= 15 is 0 Å². The predicted molar refractivity (Wildman–Crippen MR) is 108 cm³/mol. The van der Waals surface area contributed by atoms with Crippen LogP contribution in [0.3, 0.4) is 0 Å². The van der Waals surface area contributed by atoms with Crippen molar-refractivity contribution in [1.29, 1.82) is 0 Å². The van der Waals surface area contributed by atoms with E-state index in [-0.39, 0.29) is 23.0 Å². The fourth-order valence-corrected chi connectivity index (χ4v) is 3.95. The molecule has 0 aliphatic carbocycles. The summed E-state index contributed by atoms with van der Waals surface area (Å²) < 4.78 is 5.87. The van der Waals surface area contributed by atoms with Crippen molar-refractivity contribution in [1.82, 2.24) is 4.90 Å². The fraction of sp³-hybridized carbons (Fsp3) is 0.318. The Morgan fingerprint density at radius 3 is 2.72 bits per heavy atom. The number of aromatic hydroxyl groups is 1. The number of nitro benzene ring substituents is 1. The number of ether oxygens (including phenoxy) is 1. The van der Waals surface area contributed by atoms with Gasteiger partial charge in [-0.2, -0.15) is 0 Å². The van der Waals surface area contributed by atoms with Crippen molar-refractivity contribution >= 4 is 17.5 Å². The monoisotopic (exact) mass is 394 g/mol. The van der Waals surface area contributed by atoms with Gasteiger partial charge in [-0.1, -0.05) is 6.92 Å². The molecule has 1 fully saturated rings. The molecule has 0 bridgehead atoms. The molecule has 0 radical (unpaired) electrons. The summed E-state index contributed by atoms with van der Waals surface area (Å²) >= 11 is 0. The number of non-ortho nitro benzene ring substituents is 1. The van der Waals surface area contributed by atoms with Crippen LogP contribution in [0.1, 0.15) is 41.3 Å². The third kappa shape index (κ3) is 3.86. The van der Waals surface area contributed by atoms with Crippen molar-refractivity contribution in [2.75, 3.05) is 13.1 Å². The van der Waals surface area contributed by atoms with Crippen LogP contribution >= 0.6 is 0 Å². The quantitative estimate of drug-likeness (QED) is 0.476. The van der Waals surface area contributed by atoms with Crippen LogP contribution in [0, 0.1) is 16.0 Å². The third-order valence-electron chi connectivity index (χ3n) is 5.44. The van der Waals surface area contributed by atoms with E-state index in [9.17, 15) is 20.0 Å². The van der Waals surface area contributed by atoms with Crippen molar-refractivity contribution in [2.24, 2.45) is 5.92 Å². The van der Waals surface area contributed by atoms with E-state index in [1.165, 1.54) is 24.6 Å². The summed E-state index contributed by atoms with van der Waals surface area (Å²) in [5.41, 5.74) is 1.66. The van der Waals surface area contributed by atoms with Crippen LogP contribution in [-0.2, 0) is 6.54 Å². The second-order valence-corrected chi connectivity index (χ2v) is 7.71. The Balaban J connectivity index is 1.61. The smallest absolute Gasteiger partial charge is 0.269 e. The number of nitrogens with zero attached hydrogens (tertiary/aromatic N) is 2. The zero-order chi connectivity index (χ0) is 20.5. The maximum Gasteiger partial charge on any atom is 0.269 e. The van der Waals surface area contributed by atoms with Gasteiger partial charge >= 0.3 is 0 Å². The highest BCUT2D eigenvalue weighted by Gasteiger charge is 2.32. The van der Waals surface area contributed by atoms with Crippen LogP contribution in [-0.4, -0.2) is 33.8 Å². The van der Waals surface area contributed by atoms with Gasteiger partial charge in [0.2, 0.25) is 5.78 Å². The van der Waals surface area contributed by atoms with E-state index in [4.69, 9.17) is 4.74 Å². The summed E-state index contributed by atoms with van der Waals surface area (Å²) in [6.45, 7) is 4.64. The number of phenols is 1. The molecule has 0 saturated carbocycles. The maximum atomic E-state index is 12.8. The van der Waals surface area contributed by atoms with Crippen molar-refractivity contribution in [3.05, 3.63) is 69.0 Å². The summed E-state index contributed by atoms with van der Waals surface area (Å²) in [5.74, 6) is 1.01. The normalized spacial score (nSPS) is 20.5. The molecule has 2 aliphatic rings. The molecule has 0 spiro atoms. The number of benzene rings is 2. The Morgan fingerprint density at radius 1 is 1.28 bits per heavy atom. The molecule has 2 aliphatic heterocycles. The molecule has 1 saturated heterocycles. The summed E-state index contributed by atoms with van der Waals surface area (Å²) in [6, 6.07) is 9.02. The number of nitro groups is 1. The molecule has 1 atom stereocenters. The Labute approximate surface area is 168 Å². The Kier molecular flexibility index (Phi) is 5.07. The Morgan fingerprint density at radius 2 is 2.03 bits per heavy atom. The Bertz CT molecular complexity index is 997. The number of phenolic OH excluding ortho intramolecular Hbond substituents is 1. The van der Waals surface area contributed by atoms with Gasteiger partial charge in [0, 0.05) is 25.2 Å². The average Bonchev–Trinajstić information content (AvgIpc) is 3.00. The van der Waals surface area contributed by atoms with E-state index in [1.807, 2.05) is 0 Å². The zero-order valence-corrected chi connectivity index (χ0v) is 16.1. The molecular weight excluding hydrogens is 372 g/mol. The van der Waals surface area contributed by atoms with Crippen molar-refractivity contribution in [3.8, 4) is 11.5 Å². The number of allylic oxidation sites excluding steroid dienone is 1. The lowest BCUT2D eigenvalue weighted by molar-refractivity contribution is -0.384. The average molecular weight is 394 g/mol. The van der Waals surface area contributed by atoms with Gasteiger partial charge in [0.05, 0.1) is 16.1 Å². The first-order valence-electron chi connectivity index (χ1n) is 9.68. The molecule has 0 unspecified atom stereocenters. The van der Waals surface area contributed by atoms with E-state index in [0.29, 0.717) is 34.9 Å². The van der Waals surface area contributed by atoms with Crippen molar-refractivity contribution in [3.63, 3.8) is 0 Å². The van der Waals surface area contributed by atoms with E-state index in [0.717, 1.165) is 19.5 Å². The number of hydrogen-bond donors (Lipinski definition) is 1. The minimum absolute atomic E-state index is 0.0166. The molecule has 2 aromatic carbocycles. The number of Topliss-reactive ketones (excluding diaryl/α,β-unsaturated/α-hetero) is 1. The topological polar surface area (TPSA) is 92.9 Å². The lowest BCUT2D eigenvalue weighted by atomic mass is 9.99. The first-order chi connectivity index (χ1) is 13.9. The highest BCUT2D eigenvalue weighted by Crippen LogP contribution is 2.40. The molecule has 29 heavy (non-hydrogen) atoms. The van der Waals surface area contributed by atoms with Gasteiger partial charge in [-0.05, 0) is 61.2 Å². The Hall–Kier alpha value is -3.19. The molecule has 4 rings (SSSR count). The number of likely N-dealkylation sites (tertiary alicyclic amines) is 1. The lowest BCUT2D eigenvalue weighted by Crippen LogP contribution is -2.33. The molecule has 0 aromatic heterocycles. The third-order valence-corrected chi connectivity index (χ3v) is 5.44. The van der Waals surface area contributed by atoms with Crippen LogP contribution in [0.25, 0.3) is 6.08 Å². The largest absolute Gasteiger partial charge is 0.507 e. The summed E-state index contributed by atoms with van der Waals surface area (Å²) in [5, 5.41) is 21.2. The van der Waals surface area contributed by atoms with Crippen molar-refractivity contribution in [2.45, 2.75) is 26.3 Å². The zero-order valence-electron chi connectivity index (χ0n) is 16.1. The highest BCUT2D eigenvalue weighted by molar-refractivity contribution is 6.15. The molecular formula is C22H22N2O5. The second kappa shape index (κ2) is 7.67. The fourth-order valence-electron chi connectivity index (χ4n) is 3.95. The van der Waals surface area contributed by atoms with Crippen LogP contribution < -0.4 is 4.74 Å². The van der Waals surface area contributed by atoms with Crippen molar-refractivity contribution < 1.29 is 19.6 Å². The van der Waals surface area contributed by atoms with Gasteiger partial charge in [-0.15, -0.1) is 0 Å². The van der Waals surface area contributed by atoms with Gasteiger partial charge in [-0.3, -0.25) is 19.8 Å². The molecule has 2 aromatic rings. The number of hydrogen-bond acceptors (Lipinski definition) is 6. The van der Waals surface area contributed by atoms with E-state index in [1.54, 1.807) is 24.3 Å². The standard InChI is InChI=1S/C22H22N2O5/c1-14-3-2-10-23(12-14)13-18-19(25)9-8-17-21(26)20(29-22(17)18)11-15-4-6-16(7-5-15)24(27)28/h4-9,11,14,25H,2-3,10,12-13H2,1H3/b20-11+/t14-/m0/s1. The number of rotatable bonds is 4.